The summed E-state index contributed by atoms with van der Waals surface area (Å²) in [6.45, 7) is 3.28. The van der Waals surface area contributed by atoms with Gasteiger partial charge in [-0.15, -0.1) is 0 Å². The molecule has 1 amide bonds. The Labute approximate surface area is 220 Å². The van der Waals surface area contributed by atoms with Crippen molar-refractivity contribution in [2.45, 2.75) is 55.6 Å². The molecule has 1 unspecified atom stereocenters. The molecule has 4 atom stereocenters. The van der Waals surface area contributed by atoms with Gasteiger partial charge >= 0.3 is 0 Å². The van der Waals surface area contributed by atoms with E-state index < -0.39 is 0 Å². The lowest BCUT2D eigenvalue weighted by Gasteiger charge is -2.61. The van der Waals surface area contributed by atoms with Crippen molar-refractivity contribution < 1.29 is 19.1 Å². The summed E-state index contributed by atoms with van der Waals surface area (Å²) in [7, 11) is 4.28. The molecule has 1 aliphatic heterocycles. The van der Waals surface area contributed by atoms with Crippen LogP contribution in [0.15, 0.2) is 66.7 Å². The van der Waals surface area contributed by atoms with Gasteiger partial charge in [0.1, 0.15) is 17.9 Å². The van der Waals surface area contributed by atoms with Crippen molar-refractivity contribution in [2.24, 2.45) is 5.92 Å². The second-order valence-electron chi connectivity index (χ2n) is 12.2. The van der Waals surface area contributed by atoms with Gasteiger partial charge in [-0.2, -0.15) is 0 Å². The van der Waals surface area contributed by atoms with E-state index in [0.29, 0.717) is 11.3 Å². The zero-order chi connectivity index (χ0) is 25.7. The van der Waals surface area contributed by atoms with Crippen molar-refractivity contribution >= 4 is 16.7 Å². The number of carbonyl (C=O) groups is 1. The molecule has 194 valence electrons. The van der Waals surface area contributed by atoms with Crippen LogP contribution in [0.1, 0.15) is 54.4 Å². The Morgan fingerprint density at radius 1 is 1.03 bits per heavy atom. The van der Waals surface area contributed by atoms with E-state index in [1.807, 2.05) is 49.6 Å². The first-order valence-electron chi connectivity index (χ1n) is 13.8. The monoisotopic (exact) mass is 499 g/mol. The first kappa shape index (κ1) is 24.4. The smallest absolute Gasteiger partial charge is 0.251 e. The number of ether oxygens (including phenoxy) is 1. The van der Waals surface area contributed by atoms with Gasteiger partial charge in [0.25, 0.3) is 5.91 Å². The molecule has 6 rings (SSSR count). The number of amides is 1. The SMILES string of the molecule is COC12CC[C@@H](NC(=O)c3ccc4ccccc4c3)C[C@]1(c1cccc(O)c1)CC[N@+](C)(CC1CC1)C2. The molecule has 0 aromatic heterocycles. The molecule has 5 nitrogen and oxygen atoms in total. The maximum absolute atomic E-state index is 13.4. The Kier molecular flexibility index (Phi) is 6.04. The van der Waals surface area contributed by atoms with E-state index in [0.717, 1.165) is 65.5 Å². The molecule has 3 aromatic rings. The van der Waals surface area contributed by atoms with Gasteiger partial charge in [-0.1, -0.05) is 42.5 Å². The van der Waals surface area contributed by atoms with Crippen LogP contribution in [-0.4, -0.2) is 60.9 Å². The number of quaternary nitrogens is 1. The predicted molar refractivity (Wildman–Crippen MR) is 147 cm³/mol. The van der Waals surface area contributed by atoms with Gasteiger partial charge in [-0.25, -0.2) is 0 Å². The van der Waals surface area contributed by atoms with Gasteiger partial charge < -0.3 is 19.6 Å². The Hall–Kier alpha value is -2.89. The molecule has 0 spiro atoms. The van der Waals surface area contributed by atoms with E-state index >= 15 is 0 Å². The van der Waals surface area contributed by atoms with Crippen LogP contribution in [0.4, 0.5) is 0 Å². The molecule has 3 aliphatic rings. The Bertz CT molecular complexity index is 1320. The molecule has 37 heavy (non-hydrogen) atoms. The standard InChI is InChI=1S/C32H38N2O3/c1-34(21-23-10-11-23)17-16-31(27-8-5-9-29(35)19-27)20-28(14-15-32(31,22-34)37-2)33-30(36)26-13-12-24-6-3-4-7-25(24)18-26/h3-9,12-13,18-19,23,28H,10-11,14-17,20-22H2,1-2H3,(H-,33,35,36)/p+1/t28-,31+,32?,34-/m1/s1. The number of hydrogen-bond donors (Lipinski definition) is 2. The summed E-state index contributed by atoms with van der Waals surface area (Å²) in [5.41, 5.74) is 1.25. The van der Waals surface area contributed by atoms with Gasteiger partial charge in [0.05, 0.1) is 20.1 Å². The van der Waals surface area contributed by atoms with Crippen molar-refractivity contribution in [3.05, 3.63) is 77.9 Å². The van der Waals surface area contributed by atoms with Crippen LogP contribution in [0.3, 0.4) is 0 Å². The van der Waals surface area contributed by atoms with E-state index in [1.54, 1.807) is 6.07 Å². The maximum Gasteiger partial charge on any atom is 0.251 e. The molecule has 2 aliphatic carbocycles. The number of rotatable bonds is 6. The minimum Gasteiger partial charge on any atom is -0.508 e. The van der Waals surface area contributed by atoms with E-state index in [-0.39, 0.29) is 23.0 Å². The number of nitrogens with one attached hydrogen (secondary N) is 1. The molecule has 2 saturated carbocycles. The average Bonchev–Trinajstić information content (AvgIpc) is 3.72. The van der Waals surface area contributed by atoms with E-state index in [4.69, 9.17) is 4.74 Å². The zero-order valence-corrected chi connectivity index (χ0v) is 22.1. The van der Waals surface area contributed by atoms with Crippen LogP contribution in [0.25, 0.3) is 10.8 Å². The largest absolute Gasteiger partial charge is 0.508 e. The molecular formula is C32H39N2O3+. The van der Waals surface area contributed by atoms with Crippen molar-refractivity contribution in [1.29, 1.82) is 0 Å². The lowest BCUT2D eigenvalue weighted by molar-refractivity contribution is -0.925. The topological polar surface area (TPSA) is 58.6 Å². The summed E-state index contributed by atoms with van der Waals surface area (Å²) in [5, 5.41) is 16.0. The first-order valence-corrected chi connectivity index (χ1v) is 13.8. The molecule has 0 radical (unpaired) electrons. The second-order valence-corrected chi connectivity index (χ2v) is 12.2. The second kappa shape index (κ2) is 9.14. The molecule has 0 bridgehead atoms. The van der Waals surface area contributed by atoms with Crippen molar-refractivity contribution in [1.82, 2.24) is 5.32 Å². The summed E-state index contributed by atoms with van der Waals surface area (Å²) in [6.07, 6.45) is 6.28. The highest BCUT2D eigenvalue weighted by molar-refractivity contribution is 5.98. The lowest BCUT2D eigenvalue weighted by Crippen LogP contribution is -2.72. The molecule has 5 heteroatoms. The van der Waals surface area contributed by atoms with Crippen LogP contribution in [0, 0.1) is 5.92 Å². The van der Waals surface area contributed by atoms with Gasteiger partial charge in [0, 0.05) is 36.5 Å². The molecule has 1 saturated heterocycles. The van der Waals surface area contributed by atoms with E-state index in [2.05, 4.69) is 30.6 Å². The van der Waals surface area contributed by atoms with Crippen LogP contribution < -0.4 is 5.32 Å². The fraction of sp³-hybridized carbons (Fsp3) is 0.469. The third-order valence-corrected chi connectivity index (χ3v) is 9.61. The fourth-order valence-corrected chi connectivity index (χ4v) is 7.56. The van der Waals surface area contributed by atoms with Gasteiger partial charge in [-0.3, -0.25) is 4.79 Å². The van der Waals surface area contributed by atoms with Crippen molar-refractivity contribution in [3.63, 3.8) is 0 Å². The van der Waals surface area contributed by atoms with Crippen LogP contribution >= 0.6 is 0 Å². The number of likely N-dealkylation sites (tertiary alicyclic amines) is 1. The maximum atomic E-state index is 13.4. The number of carbonyl (C=O) groups excluding carboxylic acids is 1. The molecule has 3 fully saturated rings. The van der Waals surface area contributed by atoms with Gasteiger partial charge in [0.15, 0.2) is 0 Å². The number of piperidine rings is 1. The van der Waals surface area contributed by atoms with Crippen molar-refractivity contribution in [3.8, 4) is 5.75 Å². The first-order chi connectivity index (χ1) is 17.8. The highest BCUT2D eigenvalue weighted by Gasteiger charge is 2.63. The highest BCUT2D eigenvalue weighted by Crippen LogP contribution is 2.55. The summed E-state index contributed by atoms with van der Waals surface area (Å²) >= 11 is 0. The van der Waals surface area contributed by atoms with Crippen LogP contribution in [-0.2, 0) is 10.2 Å². The lowest BCUT2D eigenvalue weighted by atomic mass is 9.54. The molecule has 2 N–H and O–H groups in total. The number of phenols is 1. The Morgan fingerprint density at radius 3 is 2.59 bits per heavy atom. The number of phenolic OH excluding ortho intramolecular Hbond substituents is 1. The normalized spacial score (nSPS) is 31.6. The summed E-state index contributed by atoms with van der Waals surface area (Å²) in [5.74, 6) is 1.13. The molecule has 3 aromatic carbocycles. The number of nitrogens with zero attached hydrogens (tertiary/aromatic N) is 1. The van der Waals surface area contributed by atoms with Gasteiger partial charge in [-0.05, 0) is 72.7 Å². The molecule has 1 heterocycles. The van der Waals surface area contributed by atoms with Crippen molar-refractivity contribution in [2.75, 3.05) is 33.8 Å². The summed E-state index contributed by atoms with van der Waals surface area (Å²) in [6, 6.07) is 21.9. The number of hydrogen-bond acceptors (Lipinski definition) is 3. The van der Waals surface area contributed by atoms with Crippen LogP contribution in [0.2, 0.25) is 0 Å². The molecular weight excluding hydrogens is 460 g/mol. The third kappa shape index (κ3) is 4.42. The highest BCUT2D eigenvalue weighted by atomic mass is 16.5. The third-order valence-electron chi connectivity index (χ3n) is 9.61. The number of benzene rings is 3. The summed E-state index contributed by atoms with van der Waals surface area (Å²) < 4.78 is 7.60. The summed E-state index contributed by atoms with van der Waals surface area (Å²) in [4.78, 5) is 13.4. The van der Waals surface area contributed by atoms with Gasteiger partial charge in [0.2, 0.25) is 0 Å². The quantitative estimate of drug-likeness (QED) is 0.446. The number of fused-ring (bicyclic) bond motifs is 2. The minimum absolute atomic E-state index is 0.0168. The Morgan fingerprint density at radius 2 is 1.84 bits per heavy atom. The minimum atomic E-state index is -0.327. The van der Waals surface area contributed by atoms with E-state index in [9.17, 15) is 9.90 Å². The van der Waals surface area contributed by atoms with Crippen LogP contribution in [0.5, 0.6) is 5.75 Å². The number of aromatic hydroxyl groups is 1. The fourth-order valence-electron chi connectivity index (χ4n) is 7.56. The Balaban J connectivity index is 1.30. The number of methoxy groups -OCH3 is 1. The predicted octanol–water partition coefficient (Wildman–Crippen LogP) is 5.41. The average molecular weight is 500 g/mol. The number of likely N-dealkylation sites (N-methyl/N-ethyl adjacent to an activating group) is 1. The van der Waals surface area contributed by atoms with E-state index in [1.165, 1.54) is 19.4 Å². The zero-order valence-electron chi connectivity index (χ0n) is 22.1.